The Kier molecular flexibility index (Phi) is 14.9. The first-order valence-corrected chi connectivity index (χ1v) is 22.3. The lowest BCUT2D eigenvalue weighted by Gasteiger charge is -2.57. The van der Waals surface area contributed by atoms with Crippen LogP contribution in [0, 0.1) is 0 Å². The Balaban J connectivity index is 1.47. The van der Waals surface area contributed by atoms with Crippen LogP contribution in [0.2, 0.25) is 0 Å². The van der Waals surface area contributed by atoms with E-state index in [9.17, 15) is 5.11 Å². The van der Waals surface area contributed by atoms with Gasteiger partial charge in [0.1, 0.15) is 6.17 Å². The third-order valence-corrected chi connectivity index (χ3v) is 13.1. The number of aliphatic imine (C=N–C) groups is 2. The van der Waals surface area contributed by atoms with Gasteiger partial charge in [0.2, 0.25) is 11.9 Å². The van der Waals surface area contributed by atoms with Crippen LogP contribution in [0.3, 0.4) is 0 Å². The van der Waals surface area contributed by atoms with Crippen molar-refractivity contribution < 1.29 is 14.8 Å². The van der Waals surface area contributed by atoms with Gasteiger partial charge >= 0.3 is 0 Å². The molecule has 3 aliphatic heterocycles. The van der Waals surface area contributed by atoms with Gasteiger partial charge in [0.05, 0.1) is 12.2 Å². The van der Waals surface area contributed by atoms with Crippen LogP contribution >= 0.6 is 0 Å². The monoisotopic (exact) mass is 759 g/mol. The minimum atomic E-state index is -0.391. The maximum Gasteiger partial charge on any atom is 0.226 e. The van der Waals surface area contributed by atoms with E-state index in [2.05, 4.69) is 89.2 Å². The SMILES string of the molecule is CCCCN(C1=NC(CCO)N(N)C(N(CCCC)C2CC(C)(C)N(OC3CCCCC3)C(C)(C)C2)=N1)C1CC(C)(C)N(OC2CCCCC2)C(C)(C)C1. The van der Waals surface area contributed by atoms with E-state index in [1.165, 1.54) is 38.5 Å². The summed E-state index contributed by atoms with van der Waals surface area (Å²) >= 11 is 0. The summed E-state index contributed by atoms with van der Waals surface area (Å²) in [5.74, 6) is 8.64. The predicted octanol–water partition coefficient (Wildman–Crippen LogP) is 8.37. The molecule has 54 heavy (non-hydrogen) atoms. The lowest BCUT2D eigenvalue weighted by molar-refractivity contribution is -0.313. The van der Waals surface area contributed by atoms with E-state index in [-0.39, 0.29) is 40.8 Å². The molecule has 0 amide bonds. The highest BCUT2D eigenvalue weighted by Gasteiger charge is 2.52. The fourth-order valence-electron chi connectivity index (χ4n) is 10.8. The van der Waals surface area contributed by atoms with Crippen molar-refractivity contribution in [1.82, 2.24) is 24.9 Å². The van der Waals surface area contributed by atoms with Crippen LogP contribution in [0.1, 0.15) is 191 Å². The highest BCUT2D eigenvalue weighted by Crippen LogP contribution is 2.44. The number of nitrogens with zero attached hydrogens (tertiary/aromatic N) is 7. The van der Waals surface area contributed by atoms with Crippen molar-refractivity contribution in [2.24, 2.45) is 15.8 Å². The molecule has 0 radical (unpaired) electrons. The van der Waals surface area contributed by atoms with Crippen LogP contribution in [0.15, 0.2) is 9.98 Å². The number of hydroxylamine groups is 4. The molecule has 0 aromatic carbocycles. The molecule has 1 atom stereocenters. The third kappa shape index (κ3) is 10.3. The number of hydrogen-bond acceptors (Lipinski definition) is 11. The number of hydrogen-bond donors (Lipinski definition) is 2. The zero-order chi connectivity index (χ0) is 39.3. The Bertz CT molecular complexity index is 1200. The second kappa shape index (κ2) is 18.4. The normalized spacial score (nSPS) is 27.5. The molecule has 2 aliphatic carbocycles. The summed E-state index contributed by atoms with van der Waals surface area (Å²) in [6.45, 7) is 25.1. The molecule has 3 heterocycles. The summed E-state index contributed by atoms with van der Waals surface area (Å²) in [5, 5.41) is 16.8. The van der Waals surface area contributed by atoms with Crippen molar-refractivity contribution >= 4 is 11.9 Å². The van der Waals surface area contributed by atoms with E-state index < -0.39 is 6.17 Å². The summed E-state index contributed by atoms with van der Waals surface area (Å²) in [4.78, 5) is 29.6. The zero-order valence-electron chi connectivity index (χ0n) is 36.4. The molecule has 0 bridgehead atoms. The van der Waals surface area contributed by atoms with Gasteiger partial charge in [-0.1, -0.05) is 65.2 Å². The molecule has 5 aliphatic rings. The van der Waals surface area contributed by atoms with Gasteiger partial charge in [-0.2, -0.15) is 15.1 Å². The van der Waals surface area contributed by atoms with Crippen molar-refractivity contribution in [3.63, 3.8) is 0 Å². The minimum Gasteiger partial charge on any atom is -0.396 e. The van der Waals surface area contributed by atoms with Crippen LogP contribution in [0.4, 0.5) is 0 Å². The number of hydrazine groups is 1. The molecule has 0 aromatic heterocycles. The van der Waals surface area contributed by atoms with Gasteiger partial charge in [-0.3, -0.25) is 14.7 Å². The van der Waals surface area contributed by atoms with Crippen molar-refractivity contribution in [2.75, 3.05) is 19.7 Å². The summed E-state index contributed by atoms with van der Waals surface area (Å²) in [5.41, 5.74) is -0.693. The number of rotatable bonds is 14. The van der Waals surface area contributed by atoms with E-state index in [4.69, 9.17) is 25.5 Å². The number of unbranched alkanes of at least 4 members (excludes halogenated alkanes) is 2. The Labute approximate surface area is 330 Å². The van der Waals surface area contributed by atoms with Crippen LogP contribution in [-0.2, 0) is 9.68 Å². The van der Waals surface area contributed by atoms with E-state index in [0.717, 1.165) is 102 Å². The zero-order valence-corrected chi connectivity index (χ0v) is 36.4. The van der Waals surface area contributed by atoms with Gasteiger partial charge in [-0.05, 0) is 120 Å². The maximum absolute atomic E-state index is 10.3. The molecule has 3 N–H and O–H groups in total. The van der Waals surface area contributed by atoms with Gasteiger partial charge in [-0.15, -0.1) is 0 Å². The van der Waals surface area contributed by atoms with Crippen LogP contribution in [0.5, 0.6) is 0 Å². The van der Waals surface area contributed by atoms with Crippen LogP contribution < -0.4 is 5.84 Å². The molecule has 0 aromatic rings. The van der Waals surface area contributed by atoms with Gasteiger partial charge in [0.25, 0.3) is 0 Å². The van der Waals surface area contributed by atoms with E-state index in [1.54, 1.807) is 5.01 Å². The number of nitrogens with two attached hydrogens (primary N) is 1. The third-order valence-electron chi connectivity index (χ3n) is 13.1. The van der Waals surface area contributed by atoms with Gasteiger partial charge in [0.15, 0.2) is 0 Å². The molecule has 4 fully saturated rings. The topological polar surface area (TPSA) is 106 Å². The van der Waals surface area contributed by atoms with Crippen molar-refractivity contribution in [2.45, 2.75) is 244 Å². The quantitative estimate of drug-likeness (QED) is 0.169. The summed E-state index contributed by atoms with van der Waals surface area (Å²) in [6, 6.07) is 0.451. The van der Waals surface area contributed by atoms with Gasteiger partial charge in [0, 0.05) is 60.4 Å². The molecule has 11 heteroatoms. The van der Waals surface area contributed by atoms with Crippen molar-refractivity contribution in [3.05, 3.63) is 0 Å². The Morgan fingerprint density at radius 2 is 1.07 bits per heavy atom. The van der Waals surface area contributed by atoms with Crippen molar-refractivity contribution in [1.29, 1.82) is 0 Å². The second-order valence-corrected chi connectivity index (χ2v) is 20.0. The molecule has 0 spiro atoms. The molecule has 1 unspecified atom stereocenters. The van der Waals surface area contributed by atoms with Crippen LogP contribution in [0.25, 0.3) is 0 Å². The van der Waals surface area contributed by atoms with Crippen molar-refractivity contribution in [3.8, 4) is 0 Å². The fourth-order valence-corrected chi connectivity index (χ4v) is 10.8. The van der Waals surface area contributed by atoms with Crippen LogP contribution in [-0.4, -0.2) is 114 Å². The first-order valence-electron chi connectivity index (χ1n) is 22.3. The molecule has 2 saturated heterocycles. The molecule has 312 valence electrons. The largest absolute Gasteiger partial charge is 0.396 e. The lowest BCUT2D eigenvalue weighted by atomic mass is 9.78. The smallest absolute Gasteiger partial charge is 0.226 e. The summed E-state index contributed by atoms with van der Waals surface area (Å²) < 4.78 is 0. The summed E-state index contributed by atoms with van der Waals surface area (Å²) in [6.07, 6.45) is 21.0. The standard InChI is InChI=1S/C43H82N8O3/c1-11-13-26-47(33-29-40(3,4)50(41(5,6)30-33)53-35-21-17-15-18-22-35)38-45-37(25-28-52)49(44)39(46-38)48(27-14-12-2)34-31-42(7,8)51(43(9,10)32-34)54-36-23-19-16-20-24-36/h33-37,52H,11-32,44H2,1-10H3. The molecular weight excluding hydrogens is 677 g/mol. The highest BCUT2D eigenvalue weighted by atomic mass is 16.7. The van der Waals surface area contributed by atoms with E-state index >= 15 is 0 Å². The fraction of sp³-hybridized carbons (Fsp3) is 0.953. The number of aliphatic hydroxyl groups excluding tert-OH is 1. The lowest BCUT2D eigenvalue weighted by Crippen LogP contribution is -2.67. The summed E-state index contributed by atoms with van der Waals surface area (Å²) in [7, 11) is 0. The van der Waals surface area contributed by atoms with Gasteiger partial charge in [-0.25, -0.2) is 10.8 Å². The molecular formula is C43H82N8O3. The van der Waals surface area contributed by atoms with E-state index in [1.807, 2.05) is 0 Å². The highest BCUT2D eigenvalue weighted by molar-refractivity contribution is 5.97. The first kappa shape index (κ1) is 43.6. The average molecular weight is 759 g/mol. The predicted molar refractivity (Wildman–Crippen MR) is 222 cm³/mol. The Hall–Kier alpha value is -1.50. The average Bonchev–Trinajstić information content (AvgIpc) is 3.10. The van der Waals surface area contributed by atoms with Gasteiger partial charge < -0.3 is 14.9 Å². The molecule has 11 nitrogen and oxygen atoms in total. The number of guanidine groups is 2. The number of piperidine rings is 2. The second-order valence-electron chi connectivity index (χ2n) is 20.0. The van der Waals surface area contributed by atoms with E-state index in [0.29, 0.717) is 18.6 Å². The Morgan fingerprint density at radius 3 is 1.48 bits per heavy atom. The minimum absolute atomic E-state index is 0.0141. The Morgan fingerprint density at radius 1 is 0.667 bits per heavy atom. The molecule has 5 rings (SSSR count). The first-order chi connectivity index (χ1) is 25.5. The molecule has 2 saturated carbocycles. The maximum atomic E-state index is 10.3. The number of aliphatic hydroxyl groups is 1.